The van der Waals surface area contributed by atoms with E-state index in [4.69, 9.17) is 4.74 Å². The van der Waals surface area contributed by atoms with E-state index < -0.39 is 0 Å². The van der Waals surface area contributed by atoms with Crippen LogP contribution in [-0.2, 0) is 24.2 Å². The summed E-state index contributed by atoms with van der Waals surface area (Å²) in [7, 11) is 1.63. The number of thioether (sulfide) groups is 1. The molecule has 1 amide bonds. The third-order valence-corrected chi connectivity index (χ3v) is 8.70. The van der Waals surface area contributed by atoms with Crippen LogP contribution in [-0.4, -0.2) is 33.5 Å². The molecular weight excluding hydrogens is 490 g/mol. The van der Waals surface area contributed by atoms with Gasteiger partial charge in [-0.1, -0.05) is 38.6 Å². The lowest BCUT2D eigenvalue weighted by Gasteiger charge is -2.33. The molecule has 0 fully saturated rings. The number of carbonyl (C=O) groups is 1. The standard InChI is InChI=1S/C27H31N5O2S2/c1-6-13-32-24(17-7-10-19(34-5)11-8-17)30-31-26(32)35-16-23(33)29-25-21(15-28)20-12-9-18(27(2,3)4)14-22(20)36-25/h6-8,10-11,18H,1,9,12-14,16H2,2-5H3,(H,29,33). The maximum atomic E-state index is 12.9. The lowest BCUT2D eigenvalue weighted by Crippen LogP contribution is -2.26. The Morgan fingerprint density at radius 2 is 2.11 bits per heavy atom. The van der Waals surface area contributed by atoms with Gasteiger partial charge in [0.1, 0.15) is 16.8 Å². The number of hydrogen-bond donors (Lipinski definition) is 1. The zero-order valence-electron chi connectivity index (χ0n) is 21.1. The normalized spacial score (nSPS) is 15.1. The molecule has 0 radical (unpaired) electrons. The molecule has 2 aromatic heterocycles. The van der Waals surface area contributed by atoms with Gasteiger partial charge in [-0.2, -0.15) is 5.26 Å². The Kier molecular flexibility index (Phi) is 7.86. The Hall–Kier alpha value is -3.09. The average molecular weight is 522 g/mol. The van der Waals surface area contributed by atoms with Gasteiger partial charge in [0.25, 0.3) is 0 Å². The number of ether oxygens (including phenoxy) is 1. The van der Waals surface area contributed by atoms with Crippen molar-refractivity contribution in [1.82, 2.24) is 14.8 Å². The first-order chi connectivity index (χ1) is 17.2. The second-order valence-electron chi connectivity index (χ2n) is 9.90. The molecule has 7 nitrogen and oxygen atoms in total. The lowest BCUT2D eigenvalue weighted by atomic mass is 9.72. The monoisotopic (exact) mass is 521 g/mol. The highest BCUT2D eigenvalue weighted by molar-refractivity contribution is 7.99. The van der Waals surface area contributed by atoms with Crippen LogP contribution >= 0.6 is 23.1 Å². The highest BCUT2D eigenvalue weighted by Gasteiger charge is 2.32. The summed E-state index contributed by atoms with van der Waals surface area (Å²) in [4.78, 5) is 14.1. The maximum absolute atomic E-state index is 12.9. The van der Waals surface area contributed by atoms with Gasteiger partial charge in [-0.15, -0.1) is 28.1 Å². The van der Waals surface area contributed by atoms with E-state index in [0.717, 1.165) is 36.1 Å². The molecule has 0 spiro atoms. The van der Waals surface area contributed by atoms with Crippen molar-refractivity contribution in [3.05, 3.63) is 52.9 Å². The Morgan fingerprint density at radius 1 is 1.36 bits per heavy atom. The maximum Gasteiger partial charge on any atom is 0.235 e. The fourth-order valence-electron chi connectivity index (χ4n) is 4.47. The van der Waals surface area contributed by atoms with Crippen LogP contribution in [0, 0.1) is 22.7 Å². The Bertz CT molecular complexity index is 1300. The third-order valence-electron chi connectivity index (χ3n) is 6.56. The lowest BCUT2D eigenvalue weighted by molar-refractivity contribution is -0.113. The zero-order valence-corrected chi connectivity index (χ0v) is 22.8. The van der Waals surface area contributed by atoms with Crippen LogP contribution < -0.4 is 10.1 Å². The van der Waals surface area contributed by atoms with Gasteiger partial charge in [-0.05, 0) is 60.4 Å². The molecule has 1 aliphatic rings. The number of carbonyl (C=O) groups excluding carboxylic acids is 1. The summed E-state index contributed by atoms with van der Waals surface area (Å²) < 4.78 is 7.17. The number of nitriles is 1. The molecule has 1 aliphatic carbocycles. The van der Waals surface area contributed by atoms with Crippen molar-refractivity contribution < 1.29 is 9.53 Å². The summed E-state index contributed by atoms with van der Waals surface area (Å²) in [6.07, 6.45) is 4.70. The van der Waals surface area contributed by atoms with Crippen molar-refractivity contribution in [2.24, 2.45) is 11.3 Å². The van der Waals surface area contributed by atoms with Crippen LogP contribution in [0.15, 0.2) is 42.1 Å². The van der Waals surface area contributed by atoms with Crippen molar-refractivity contribution in [2.45, 2.75) is 51.7 Å². The first-order valence-corrected chi connectivity index (χ1v) is 13.7. The van der Waals surface area contributed by atoms with Gasteiger partial charge in [0.05, 0.1) is 18.4 Å². The summed E-state index contributed by atoms with van der Waals surface area (Å²) in [5.74, 6) is 2.04. The molecule has 0 aliphatic heterocycles. The minimum atomic E-state index is -0.165. The minimum absolute atomic E-state index is 0.163. The predicted molar refractivity (Wildman–Crippen MR) is 146 cm³/mol. The molecule has 1 aromatic carbocycles. The van der Waals surface area contributed by atoms with Crippen molar-refractivity contribution >= 4 is 34.0 Å². The number of fused-ring (bicyclic) bond motifs is 1. The van der Waals surface area contributed by atoms with E-state index in [2.05, 4.69) is 48.9 Å². The van der Waals surface area contributed by atoms with Gasteiger partial charge in [-0.25, -0.2) is 0 Å². The quantitative estimate of drug-likeness (QED) is 0.291. The Morgan fingerprint density at radius 3 is 2.75 bits per heavy atom. The molecule has 1 unspecified atom stereocenters. The molecule has 3 aromatic rings. The fourth-order valence-corrected chi connectivity index (χ4v) is 6.51. The van der Waals surface area contributed by atoms with Crippen molar-refractivity contribution in [1.29, 1.82) is 5.26 Å². The van der Waals surface area contributed by atoms with Crippen LogP contribution in [0.2, 0.25) is 0 Å². The molecule has 1 atom stereocenters. The fraction of sp³-hybridized carbons (Fsp3) is 0.407. The predicted octanol–water partition coefficient (Wildman–Crippen LogP) is 5.95. The number of benzene rings is 1. The van der Waals surface area contributed by atoms with E-state index in [1.165, 1.54) is 16.6 Å². The molecule has 9 heteroatoms. The van der Waals surface area contributed by atoms with Gasteiger partial charge >= 0.3 is 0 Å². The first kappa shape index (κ1) is 26.0. The third kappa shape index (κ3) is 5.50. The van der Waals surface area contributed by atoms with Crippen molar-refractivity contribution in [3.63, 3.8) is 0 Å². The Balaban J connectivity index is 1.46. The van der Waals surface area contributed by atoms with E-state index >= 15 is 0 Å². The van der Waals surface area contributed by atoms with Crippen molar-refractivity contribution in [2.75, 3.05) is 18.2 Å². The number of nitrogens with zero attached hydrogens (tertiary/aromatic N) is 4. The van der Waals surface area contributed by atoms with Crippen LogP contribution in [0.3, 0.4) is 0 Å². The van der Waals surface area contributed by atoms with Gasteiger partial charge < -0.3 is 10.1 Å². The van der Waals surface area contributed by atoms with E-state index in [9.17, 15) is 10.1 Å². The van der Waals surface area contributed by atoms with Gasteiger partial charge in [-0.3, -0.25) is 9.36 Å². The number of aromatic nitrogens is 3. The number of hydrogen-bond acceptors (Lipinski definition) is 7. The molecule has 2 heterocycles. The summed E-state index contributed by atoms with van der Waals surface area (Å²) >= 11 is 2.87. The van der Waals surface area contributed by atoms with Gasteiger partial charge in [0.2, 0.25) is 5.91 Å². The van der Waals surface area contributed by atoms with Crippen molar-refractivity contribution in [3.8, 4) is 23.2 Å². The number of thiophene rings is 1. The summed E-state index contributed by atoms with van der Waals surface area (Å²) in [5, 5.41) is 22.8. The number of anilines is 1. The van der Waals surface area contributed by atoms with Crippen LogP contribution in [0.1, 0.15) is 43.2 Å². The zero-order chi connectivity index (χ0) is 25.9. The highest BCUT2D eigenvalue weighted by Crippen LogP contribution is 2.44. The number of methoxy groups -OCH3 is 1. The molecule has 188 valence electrons. The second kappa shape index (κ2) is 10.9. The molecule has 0 saturated carbocycles. The summed E-state index contributed by atoms with van der Waals surface area (Å²) in [5.41, 5.74) is 2.86. The molecule has 36 heavy (non-hydrogen) atoms. The second-order valence-corrected chi connectivity index (χ2v) is 11.9. The average Bonchev–Trinajstić information content (AvgIpc) is 3.42. The first-order valence-electron chi connectivity index (χ1n) is 11.9. The molecular formula is C27H31N5O2S2. The minimum Gasteiger partial charge on any atom is -0.497 e. The summed E-state index contributed by atoms with van der Waals surface area (Å²) in [6.45, 7) is 11.2. The number of nitrogens with one attached hydrogen (secondary N) is 1. The van der Waals surface area contributed by atoms with Crippen LogP contribution in [0.4, 0.5) is 5.00 Å². The highest BCUT2D eigenvalue weighted by atomic mass is 32.2. The Labute approximate surface area is 220 Å². The van der Waals surface area contributed by atoms with Gasteiger partial charge in [0.15, 0.2) is 11.0 Å². The topological polar surface area (TPSA) is 92.8 Å². The van der Waals surface area contributed by atoms with E-state index in [0.29, 0.717) is 34.0 Å². The number of amides is 1. The molecule has 0 saturated heterocycles. The molecule has 1 N–H and O–H groups in total. The van der Waals surface area contributed by atoms with E-state index in [-0.39, 0.29) is 17.1 Å². The van der Waals surface area contributed by atoms with Gasteiger partial charge in [0, 0.05) is 17.0 Å². The SMILES string of the molecule is C=CCn1c(SCC(=O)Nc2sc3c(c2C#N)CCC(C(C)(C)C)C3)nnc1-c1ccc(OC)cc1. The van der Waals surface area contributed by atoms with E-state index in [1.54, 1.807) is 24.5 Å². The largest absolute Gasteiger partial charge is 0.497 e. The van der Waals surface area contributed by atoms with Crippen LogP contribution in [0.5, 0.6) is 5.75 Å². The van der Waals surface area contributed by atoms with E-state index in [1.807, 2.05) is 28.8 Å². The molecule has 4 rings (SSSR count). The molecule has 0 bridgehead atoms. The number of allylic oxidation sites excluding steroid dienone is 1. The number of rotatable bonds is 8. The summed E-state index contributed by atoms with van der Waals surface area (Å²) in [6, 6.07) is 9.94. The van der Waals surface area contributed by atoms with Crippen LogP contribution in [0.25, 0.3) is 11.4 Å². The smallest absolute Gasteiger partial charge is 0.235 e.